The smallest absolute Gasteiger partial charge is 0.234 e. The van der Waals surface area contributed by atoms with Gasteiger partial charge in [0.2, 0.25) is 10.0 Å². The molecule has 0 bridgehead atoms. The molecule has 0 saturated carbocycles. The molecule has 0 aliphatic carbocycles. The van der Waals surface area contributed by atoms with Crippen LogP contribution in [0.25, 0.3) is 0 Å². The molecule has 1 N–H and O–H groups in total. The minimum absolute atomic E-state index is 0.0414. The summed E-state index contributed by atoms with van der Waals surface area (Å²) in [7, 11) is -1.96. The first-order chi connectivity index (χ1) is 8.83. The fourth-order valence-electron chi connectivity index (χ4n) is 1.61. The number of hydrogen-bond acceptors (Lipinski definition) is 3. The molecule has 0 atom stereocenters. The minimum Gasteiger partial charge on any atom is -0.314 e. The van der Waals surface area contributed by atoms with Crippen LogP contribution in [0.15, 0.2) is 24.3 Å². The van der Waals surface area contributed by atoms with Crippen molar-refractivity contribution in [3.63, 3.8) is 0 Å². The molecule has 0 saturated heterocycles. The molecule has 6 heteroatoms. The van der Waals surface area contributed by atoms with Gasteiger partial charge in [0.25, 0.3) is 0 Å². The average molecular weight is 288 g/mol. The molecule has 0 spiro atoms. The molecule has 0 aliphatic heterocycles. The van der Waals surface area contributed by atoms with E-state index in [0.717, 1.165) is 4.31 Å². The summed E-state index contributed by atoms with van der Waals surface area (Å²) >= 11 is 0. The van der Waals surface area contributed by atoms with Crippen LogP contribution in [0.1, 0.15) is 20.3 Å². The first-order valence-corrected chi connectivity index (χ1v) is 7.89. The van der Waals surface area contributed by atoms with Crippen molar-refractivity contribution in [2.75, 3.05) is 23.7 Å². The van der Waals surface area contributed by atoms with Crippen LogP contribution in [-0.2, 0) is 10.0 Å². The van der Waals surface area contributed by atoms with E-state index >= 15 is 0 Å². The van der Waals surface area contributed by atoms with Gasteiger partial charge in [-0.3, -0.25) is 4.31 Å². The van der Waals surface area contributed by atoms with Gasteiger partial charge in [-0.25, -0.2) is 12.8 Å². The van der Waals surface area contributed by atoms with Crippen molar-refractivity contribution in [3.05, 3.63) is 30.1 Å². The molecule has 0 amide bonds. The van der Waals surface area contributed by atoms with E-state index in [-0.39, 0.29) is 5.75 Å². The highest BCUT2D eigenvalue weighted by atomic mass is 32.2. The van der Waals surface area contributed by atoms with E-state index in [1.165, 1.54) is 25.2 Å². The van der Waals surface area contributed by atoms with E-state index in [0.29, 0.717) is 24.7 Å². The summed E-state index contributed by atoms with van der Waals surface area (Å²) in [4.78, 5) is 0. The fraction of sp³-hybridized carbons (Fsp3) is 0.538. The van der Waals surface area contributed by atoms with Gasteiger partial charge in [-0.1, -0.05) is 19.9 Å². The Balaban J connectivity index is 2.62. The predicted molar refractivity (Wildman–Crippen MR) is 76.3 cm³/mol. The Morgan fingerprint density at radius 2 is 2.05 bits per heavy atom. The first-order valence-electron chi connectivity index (χ1n) is 6.28. The summed E-state index contributed by atoms with van der Waals surface area (Å²) in [5.41, 5.74) is 0.344. The van der Waals surface area contributed by atoms with Crippen molar-refractivity contribution in [1.29, 1.82) is 0 Å². The van der Waals surface area contributed by atoms with Gasteiger partial charge in [0.1, 0.15) is 5.82 Å². The number of nitrogens with one attached hydrogen (secondary N) is 1. The molecule has 0 unspecified atom stereocenters. The topological polar surface area (TPSA) is 49.4 Å². The Labute approximate surface area is 114 Å². The zero-order chi connectivity index (χ0) is 14.5. The highest BCUT2D eigenvalue weighted by Crippen LogP contribution is 2.17. The summed E-state index contributed by atoms with van der Waals surface area (Å²) in [6, 6.07) is 5.91. The summed E-state index contributed by atoms with van der Waals surface area (Å²) in [6.07, 6.45) is 0.528. The lowest BCUT2D eigenvalue weighted by Crippen LogP contribution is -2.31. The zero-order valence-corrected chi connectivity index (χ0v) is 12.4. The fourth-order valence-corrected chi connectivity index (χ4v) is 2.83. The largest absolute Gasteiger partial charge is 0.314 e. The number of nitrogens with zero attached hydrogens (tertiary/aromatic N) is 1. The van der Waals surface area contributed by atoms with Crippen molar-refractivity contribution in [2.45, 2.75) is 26.3 Å². The Morgan fingerprint density at radius 3 is 2.63 bits per heavy atom. The van der Waals surface area contributed by atoms with E-state index in [1.54, 1.807) is 6.07 Å². The zero-order valence-electron chi connectivity index (χ0n) is 11.6. The van der Waals surface area contributed by atoms with E-state index in [2.05, 4.69) is 5.32 Å². The minimum atomic E-state index is -3.40. The summed E-state index contributed by atoms with van der Waals surface area (Å²) in [5, 5.41) is 3.16. The van der Waals surface area contributed by atoms with Crippen LogP contribution in [0.5, 0.6) is 0 Å². The Bertz CT molecular complexity index is 503. The molecule has 4 nitrogen and oxygen atoms in total. The maximum atomic E-state index is 13.1. The van der Waals surface area contributed by atoms with Crippen LogP contribution in [0.4, 0.5) is 10.1 Å². The van der Waals surface area contributed by atoms with Crippen LogP contribution in [0.3, 0.4) is 0 Å². The second kappa shape index (κ2) is 6.86. The van der Waals surface area contributed by atoms with Crippen molar-refractivity contribution in [2.24, 2.45) is 0 Å². The highest BCUT2D eigenvalue weighted by Gasteiger charge is 2.18. The molecule has 108 valence electrons. The average Bonchev–Trinajstić information content (AvgIpc) is 2.33. The quantitative estimate of drug-likeness (QED) is 0.781. The maximum absolute atomic E-state index is 13.1. The van der Waals surface area contributed by atoms with Gasteiger partial charge in [-0.2, -0.15) is 0 Å². The lowest BCUT2D eigenvalue weighted by molar-refractivity contribution is 0.567. The third-order valence-electron chi connectivity index (χ3n) is 2.72. The maximum Gasteiger partial charge on any atom is 0.234 e. The molecule has 1 aromatic rings. The SMILES string of the molecule is CC(C)NCCCS(=O)(=O)N(C)c1cccc(F)c1. The normalized spacial score (nSPS) is 11.8. The molecule has 1 rings (SSSR count). The lowest BCUT2D eigenvalue weighted by atomic mass is 10.3. The highest BCUT2D eigenvalue weighted by molar-refractivity contribution is 7.92. The Hall–Kier alpha value is -1.14. The van der Waals surface area contributed by atoms with Gasteiger partial charge in [0.15, 0.2) is 0 Å². The van der Waals surface area contributed by atoms with Gasteiger partial charge in [-0.05, 0) is 31.2 Å². The van der Waals surface area contributed by atoms with Gasteiger partial charge < -0.3 is 5.32 Å². The van der Waals surface area contributed by atoms with Gasteiger partial charge >= 0.3 is 0 Å². The molecule has 0 aromatic heterocycles. The third kappa shape index (κ3) is 5.16. The lowest BCUT2D eigenvalue weighted by Gasteiger charge is -2.19. The van der Waals surface area contributed by atoms with Crippen molar-refractivity contribution in [3.8, 4) is 0 Å². The number of sulfonamides is 1. The Kier molecular flexibility index (Phi) is 5.75. The van der Waals surface area contributed by atoms with Crippen LogP contribution < -0.4 is 9.62 Å². The standard InChI is InChI=1S/C13H21FN2O2S/c1-11(2)15-8-5-9-19(17,18)16(3)13-7-4-6-12(14)10-13/h4,6-7,10-11,15H,5,8-9H2,1-3H3. The number of hydrogen-bond donors (Lipinski definition) is 1. The molecule has 1 aromatic carbocycles. The molecule has 0 aliphatic rings. The van der Waals surface area contributed by atoms with E-state index < -0.39 is 15.8 Å². The monoisotopic (exact) mass is 288 g/mol. The second-order valence-electron chi connectivity index (χ2n) is 4.73. The summed E-state index contributed by atoms with van der Waals surface area (Å²) in [5.74, 6) is -0.402. The van der Waals surface area contributed by atoms with Crippen molar-refractivity contribution >= 4 is 15.7 Å². The van der Waals surface area contributed by atoms with E-state index in [4.69, 9.17) is 0 Å². The summed E-state index contributed by atoms with van der Waals surface area (Å²) in [6.45, 7) is 4.66. The first kappa shape index (κ1) is 15.9. The molecular weight excluding hydrogens is 267 g/mol. The molecule has 19 heavy (non-hydrogen) atoms. The van der Waals surface area contributed by atoms with Crippen LogP contribution in [0, 0.1) is 5.82 Å². The molecule has 0 heterocycles. The number of benzene rings is 1. The van der Waals surface area contributed by atoms with Crippen molar-refractivity contribution < 1.29 is 12.8 Å². The van der Waals surface area contributed by atoms with Gasteiger partial charge in [0, 0.05) is 13.1 Å². The molecule has 0 fully saturated rings. The van der Waals surface area contributed by atoms with Crippen LogP contribution in [0.2, 0.25) is 0 Å². The number of rotatable bonds is 7. The van der Waals surface area contributed by atoms with Gasteiger partial charge in [0.05, 0.1) is 11.4 Å². The molecular formula is C13H21FN2O2S. The Morgan fingerprint density at radius 1 is 1.37 bits per heavy atom. The number of halogens is 1. The number of anilines is 1. The van der Waals surface area contributed by atoms with Crippen LogP contribution >= 0.6 is 0 Å². The molecule has 0 radical (unpaired) electrons. The third-order valence-corrected chi connectivity index (χ3v) is 4.57. The second-order valence-corrected chi connectivity index (χ2v) is 6.85. The van der Waals surface area contributed by atoms with E-state index in [1.807, 2.05) is 13.8 Å². The van der Waals surface area contributed by atoms with E-state index in [9.17, 15) is 12.8 Å². The van der Waals surface area contributed by atoms with Gasteiger partial charge in [-0.15, -0.1) is 0 Å². The predicted octanol–water partition coefficient (Wildman–Crippen LogP) is 1.98. The van der Waals surface area contributed by atoms with Crippen LogP contribution in [-0.4, -0.2) is 33.8 Å². The van der Waals surface area contributed by atoms with Crippen molar-refractivity contribution in [1.82, 2.24) is 5.32 Å². The summed E-state index contributed by atoms with van der Waals surface area (Å²) < 4.78 is 38.3.